The lowest BCUT2D eigenvalue weighted by Gasteiger charge is -2.13. The highest BCUT2D eigenvalue weighted by Crippen LogP contribution is 2.31. The lowest BCUT2D eigenvalue weighted by Crippen LogP contribution is -2.21. The van der Waals surface area contributed by atoms with E-state index in [0.717, 1.165) is 5.56 Å². The van der Waals surface area contributed by atoms with Crippen molar-refractivity contribution in [3.8, 4) is 17.0 Å². The van der Waals surface area contributed by atoms with Gasteiger partial charge in [0.25, 0.3) is 0 Å². The second-order valence-corrected chi connectivity index (χ2v) is 4.31. The highest BCUT2D eigenvalue weighted by atomic mass is 16.5. The molecule has 1 atom stereocenters. The molecule has 0 bridgehead atoms. The maximum Gasteiger partial charge on any atom is 0.128 e. The smallest absolute Gasteiger partial charge is 0.128 e. The molecular weight excluding hydrogens is 260 g/mol. The second kappa shape index (κ2) is 6.47. The summed E-state index contributed by atoms with van der Waals surface area (Å²) in [6.07, 6.45) is -0.907. The first-order valence-electron chi connectivity index (χ1n) is 6.26. The van der Waals surface area contributed by atoms with Crippen molar-refractivity contribution in [2.45, 2.75) is 19.2 Å². The summed E-state index contributed by atoms with van der Waals surface area (Å²) >= 11 is 0. The lowest BCUT2D eigenvalue weighted by molar-refractivity contribution is 0.0782. The predicted octanol–water partition coefficient (Wildman–Crippen LogP) is -0.234. The molecule has 7 heteroatoms. The first kappa shape index (κ1) is 14.4. The molecule has 1 aromatic heterocycles. The van der Waals surface area contributed by atoms with Gasteiger partial charge in [-0.3, -0.25) is 0 Å². The lowest BCUT2D eigenvalue weighted by atomic mass is 10.1. The highest BCUT2D eigenvalue weighted by molar-refractivity contribution is 5.69. The Hall–Kier alpha value is -1.96. The molecule has 0 saturated carbocycles. The largest absolute Gasteiger partial charge is 0.496 e. The molecule has 20 heavy (non-hydrogen) atoms. The standard InChI is InChI=1S/C13H18N4O3/c1-20-12-5-3-2-4-10(12)13-11(6-14)15-16-17(13)7-9(19)8-18/h2-5,9,18-19H,6-8,14H2,1H3. The number of methoxy groups -OCH3 is 1. The molecule has 0 aliphatic carbocycles. The number of benzene rings is 1. The minimum Gasteiger partial charge on any atom is -0.496 e. The zero-order chi connectivity index (χ0) is 14.5. The van der Waals surface area contributed by atoms with Gasteiger partial charge in [0.05, 0.1) is 32.1 Å². The molecule has 1 heterocycles. The number of hydrogen-bond acceptors (Lipinski definition) is 6. The average molecular weight is 278 g/mol. The summed E-state index contributed by atoms with van der Waals surface area (Å²) in [6.45, 7) is 0.0165. The maximum atomic E-state index is 9.59. The van der Waals surface area contributed by atoms with Crippen molar-refractivity contribution >= 4 is 0 Å². The third kappa shape index (κ3) is 2.79. The average Bonchev–Trinajstić information content (AvgIpc) is 2.89. The number of nitrogens with two attached hydrogens (primary N) is 1. The van der Waals surface area contributed by atoms with E-state index in [2.05, 4.69) is 10.3 Å². The topological polar surface area (TPSA) is 106 Å². The third-order valence-electron chi connectivity index (χ3n) is 2.95. The van der Waals surface area contributed by atoms with E-state index in [4.69, 9.17) is 15.6 Å². The fourth-order valence-electron chi connectivity index (χ4n) is 2.01. The number of aliphatic hydroxyl groups is 2. The van der Waals surface area contributed by atoms with Crippen LogP contribution in [0.2, 0.25) is 0 Å². The number of rotatable bonds is 6. The zero-order valence-electron chi connectivity index (χ0n) is 11.2. The SMILES string of the molecule is COc1ccccc1-c1c(CN)nnn1CC(O)CO. The van der Waals surface area contributed by atoms with Crippen LogP contribution in [0, 0.1) is 0 Å². The van der Waals surface area contributed by atoms with Gasteiger partial charge in [0.2, 0.25) is 0 Å². The maximum absolute atomic E-state index is 9.59. The summed E-state index contributed by atoms with van der Waals surface area (Å²) in [7, 11) is 1.58. The first-order chi connectivity index (χ1) is 9.71. The molecular formula is C13H18N4O3. The number of ether oxygens (including phenoxy) is 1. The van der Waals surface area contributed by atoms with Crippen molar-refractivity contribution in [1.82, 2.24) is 15.0 Å². The van der Waals surface area contributed by atoms with Crippen LogP contribution >= 0.6 is 0 Å². The van der Waals surface area contributed by atoms with Gasteiger partial charge in [0, 0.05) is 12.1 Å². The van der Waals surface area contributed by atoms with E-state index in [9.17, 15) is 5.11 Å². The number of aliphatic hydroxyl groups excluding tert-OH is 2. The normalized spacial score (nSPS) is 12.4. The Morgan fingerprint density at radius 3 is 2.80 bits per heavy atom. The monoisotopic (exact) mass is 278 g/mol. The molecule has 1 unspecified atom stereocenters. The minimum absolute atomic E-state index is 0.136. The Morgan fingerprint density at radius 2 is 2.15 bits per heavy atom. The van der Waals surface area contributed by atoms with Crippen molar-refractivity contribution < 1.29 is 14.9 Å². The zero-order valence-corrected chi connectivity index (χ0v) is 11.2. The van der Waals surface area contributed by atoms with Gasteiger partial charge in [-0.25, -0.2) is 4.68 Å². The number of aromatic nitrogens is 3. The molecule has 0 aliphatic heterocycles. The second-order valence-electron chi connectivity index (χ2n) is 4.31. The minimum atomic E-state index is -0.907. The molecule has 7 nitrogen and oxygen atoms in total. The van der Waals surface area contributed by atoms with E-state index in [-0.39, 0.29) is 19.7 Å². The first-order valence-corrected chi connectivity index (χ1v) is 6.26. The van der Waals surface area contributed by atoms with Crippen molar-refractivity contribution in [2.24, 2.45) is 5.73 Å². The molecule has 2 rings (SSSR count). The molecule has 0 radical (unpaired) electrons. The summed E-state index contributed by atoms with van der Waals surface area (Å²) in [4.78, 5) is 0. The van der Waals surface area contributed by atoms with Crippen LogP contribution in [0.5, 0.6) is 5.75 Å². The van der Waals surface area contributed by atoms with Crippen LogP contribution in [0.1, 0.15) is 5.69 Å². The summed E-state index contributed by atoms with van der Waals surface area (Å²) in [6, 6.07) is 7.44. The van der Waals surface area contributed by atoms with E-state index in [1.165, 1.54) is 4.68 Å². The molecule has 108 valence electrons. The number of hydrogen-bond donors (Lipinski definition) is 3. The van der Waals surface area contributed by atoms with Gasteiger partial charge in [-0.2, -0.15) is 0 Å². The fourth-order valence-corrected chi connectivity index (χ4v) is 2.01. The summed E-state index contributed by atoms with van der Waals surface area (Å²) < 4.78 is 6.86. The summed E-state index contributed by atoms with van der Waals surface area (Å²) in [5, 5.41) is 26.6. The van der Waals surface area contributed by atoms with Crippen molar-refractivity contribution in [3.05, 3.63) is 30.0 Å². The summed E-state index contributed by atoms with van der Waals surface area (Å²) in [5.74, 6) is 0.671. The van der Waals surface area contributed by atoms with E-state index >= 15 is 0 Å². The predicted molar refractivity (Wildman–Crippen MR) is 73.0 cm³/mol. The van der Waals surface area contributed by atoms with Crippen LogP contribution in [-0.2, 0) is 13.1 Å². The molecule has 0 fully saturated rings. The van der Waals surface area contributed by atoms with Crippen LogP contribution in [-0.4, -0.2) is 45.0 Å². The molecule has 4 N–H and O–H groups in total. The number of nitrogens with zero attached hydrogens (tertiary/aromatic N) is 3. The summed E-state index contributed by atoms with van der Waals surface area (Å²) in [5.41, 5.74) is 7.79. The van der Waals surface area contributed by atoms with Crippen molar-refractivity contribution in [2.75, 3.05) is 13.7 Å². The van der Waals surface area contributed by atoms with E-state index in [1.807, 2.05) is 24.3 Å². The van der Waals surface area contributed by atoms with E-state index in [0.29, 0.717) is 17.1 Å². The Kier molecular flexibility index (Phi) is 4.67. The Balaban J connectivity index is 2.50. The van der Waals surface area contributed by atoms with Crippen LogP contribution in [0.25, 0.3) is 11.3 Å². The van der Waals surface area contributed by atoms with Crippen molar-refractivity contribution in [3.63, 3.8) is 0 Å². The van der Waals surface area contributed by atoms with E-state index < -0.39 is 6.10 Å². The highest BCUT2D eigenvalue weighted by Gasteiger charge is 2.18. The molecule has 1 aromatic carbocycles. The third-order valence-corrected chi connectivity index (χ3v) is 2.95. The molecule has 0 spiro atoms. The van der Waals surface area contributed by atoms with Gasteiger partial charge in [-0.1, -0.05) is 17.3 Å². The van der Waals surface area contributed by atoms with Gasteiger partial charge in [-0.15, -0.1) is 5.10 Å². The van der Waals surface area contributed by atoms with Crippen LogP contribution < -0.4 is 10.5 Å². The van der Waals surface area contributed by atoms with Crippen LogP contribution in [0.15, 0.2) is 24.3 Å². The van der Waals surface area contributed by atoms with Gasteiger partial charge in [-0.05, 0) is 12.1 Å². The Labute approximate surface area is 116 Å². The fraction of sp³-hybridized carbons (Fsp3) is 0.385. The number of para-hydroxylation sites is 1. The van der Waals surface area contributed by atoms with Gasteiger partial charge >= 0.3 is 0 Å². The van der Waals surface area contributed by atoms with Crippen LogP contribution in [0.3, 0.4) is 0 Å². The van der Waals surface area contributed by atoms with Gasteiger partial charge < -0.3 is 20.7 Å². The molecule has 0 aliphatic rings. The molecule has 0 saturated heterocycles. The Morgan fingerprint density at radius 1 is 1.40 bits per heavy atom. The molecule has 0 amide bonds. The Bertz CT molecular complexity index is 570. The van der Waals surface area contributed by atoms with Gasteiger partial charge in [0.1, 0.15) is 11.4 Å². The van der Waals surface area contributed by atoms with E-state index in [1.54, 1.807) is 7.11 Å². The molecule has 2 aromatic rings. The van der Waals surface area contributed by atoms with Gasteiger partial charge in [0.15, 0.2) is 0 Å². The van der Waals surface area contributed by atoms with Crippen LogP contribution in [0.4, 0.5) is 0 Å². The quantitative estimate of drug-likeness (QED) is 0.673. The van der Waals surface area contributed by atoms with Crippen molar-refractivity contribution in [1.29, 1.82) is 0 Å².